The molecule has 2 aromatic rings. The Labute approximate surface area is 105 Å². The van der Waals surface area contributed by atoms with Gasteiger partial charge in [-0.1, -0.05) is 23.7 Å². The van der Waals surface area contributed by atoms with E-state index in [0.717, 1.165) is 5.56 Å². The second kappa shape index (κ2) is 5.66. The predicted octanol–water partition coefficient (Wildman–Crippen LogP) is 2.81. The van der Waals surface area contributed by atoms with Crippen LogP contribution >= 0.6 is 11.6 Å². The van der Waals surface area contributed by atoms with Crippen molar-refractivity contribution >= 4 is 11.6 Å². The van der Waals surface area contributed by atoms with Crippen molar-refractivity contribution in [1.29, 1.82) is 0 Å². The molecular weight excluding hydrogens is 238 g/mol. The van der Waals surface area contributed by atoms with E-state index in [2.05, 4.69) is 4.98 Å². The van der Waals surface area contributed by atoms with E-state index in [9.17, 15) is 0 Å². The third-order valence-corrected chi connectivity index (χ3v) is 2.68. The number of aromatic nitrogens is 1. The number of halogens is 1. The number of ether oxygens (including phenoxy) is 1. The highest BCUT2D eigenvalue weighted by atomic mass is 35.5. The molecule has 1 aromatic heterocycles. The molecule has 0 amide bonds. The van der Waals surface area contributed by atoms with Crippen LogP contribution in [0.25, 0.3) is 0 Å². The van der Waals surface area contributed by atoms with Gasteiger partial charge in [-0.2, -0.15) is 0 Å². The monoisotopic (exact) mass is 249 g/mol. The number of nitrogens with zero attached hydrogens (tertiary/aromatic N) is 1. The van der Waals surface area contributed by atoms with Crippen molar-refractivity contribution in [3.63, 3.8) is 0 Å². The fraction of sp³-hybridized carbons (Fsp3) is 0.154. The van der Waals surface area contributed by atoms with Gasteiger partial charge in [-0.05, 0) is 23.8 Å². The summed E-state index contributed by atoms with van der Waals surface area (Å²) in [5, 5.41) is 9.49. The third kappa shape index (κ3) is 3.19. The summed E-state index contributed by atoms with van der Waals surface area (Å²) in [7, 11) is 0. The Bertz CT molecular complexity index is 488. The van der Waals surface area contributed by atoms with Crippen LogP contribution in [-0.2, 0) is 13.2 Å². The molecule has 2 rings (SSSR count). The van der Waals surface area contributed by atoms with E-state index in [1.165, 1.54) is 0 Å². The first-order valence-corrected chi connectivity index (χ1v) is 5.58. The Kier molecular flexibility index (Phi) is 3.96. The average Bonchev–Trinajstić information content (AvgIpc) is 2.38. The van der Waals surface area contributed by atoms with Crippen LogP contribution in [0.5, 0.6) is 5.75 Å². The van der Waals surface area contributed by atoms with Gasteiger partial charge < -0.3 is 9.84 Å². The van der Waals surface area contributed by atoms with Crippen LogP contribution in [0, 0.1) is 0 Å². The molecule has 1 heterocycles. The number of hydrogen-bond donors (Lipinski definition) is 1. The van der Waals surface area contributed by atoms with Gasteiger partial charge >= 0.3 is 0 Å². The Balaban J connectivity index is 2.02. The van der Waals surface area contributed by atoms with E-state index in [1.807, 2.05) is 12.1 Å². The largest absolute Gasteiger partial charge is 0.489 e. The standard InChI is InChI=1S/C13H12ClNO2/c14-13-6-12(4-3-11(13)8-16)17-9-10-2-1-5-15-7-10/h1-7,16H,8-9H2. The molecular formula is C13H12ClNO2. The van der Waals surface area contributed by atoms with E-state index >= 15 is 0 Å². The Morgan fingerprint density at radius 3 is 2.82 bits per heavy atom. The minimum absolute atomic E-state index is 0.0677. The molecule has 0 radical (unpaired) electrons. The summed E-state index contributed by atoms with van der Waals surface area (Å²) in [5.41, 5.74) is 1.69. The second-order valence-corrected chi connectivity index (χ2v) is 3.97. The molecule has 0 spiro atoms. The highest BCUT2D eigenvalue weighted by Crippen LogP contribution is 2.23. The minimum Gasteiger partial charge on any atom is -0.489 e. The van der Waals surface area contributed by atoms with Crippen molar-refractivity contribution in [2.24, 2.45) is 0 Å². The number of aliphatic hydroxyl groups excluding tert-OH is 1. The van der Waals surface area contributed by atoms with Crippen LogP contribution < -0.4 is 4.74 Å². The molecule has 0 unspecified atom stereocenters. The van der Waals surface area contributed by atoms with Crippen LogP contribution in [0.15, 0.2) is 42.7 Å². The van der Waals surface area contributed by atoms with E-state index in [0.29, 0.717) is 22.9 Å². The third-order valence-electron chi connectivity index (χ3n) is 2.32. The number of benzene rings is 1. The molecule has 0 saturated heterocycles. The van der Waals surface area contributed by atoms with Crippen LogP contribution in [0.2, 0.25) is 5.02 Å². The lowest BCUT2D eigenvalue weighted by atomic mass is 10.2. The molecule has 1 aromatic carbocycles. The lowest BCUT2D eigenvalue weighted by molar-refractivity contribution is 0.281. The summed E-state index contributed by atoms with van der Waals surface area (Å²) in [6.07, 6.45) is 3.47. The Morgan fingerprint density at radius 1 is 1.29 bits per heavy atom. The quantitative estimate of drug-likeness (QED) is 0.906. The Morgan fingerprint density at radius 2 is 2.18 bits per heavy atom. The van der Waals surface area contributed by atoms with Crippen molar-refractivity contribution in [2.75, 3.05) is 0 Å². The SMILES string of the molecule is OCc1ccc(OCc2cccnc2)cc1Cl. The molecule has 0 aliphatic carbocycles. The van der Waals surface area contributed by atoms with Gasteiger partial charge in [0, 0.05) is 23.0 Å². The van der Waals surface area contributed by atoms with Crippen LogP contribution in [0.4, 0.5) is 0 Å². The molecule has 4 heteroatoms. The summed E-state index contributed by atoms with van der Waals surface area (Å²) in [5.74, 6) is 0.677. The van der Waals surface area contributed by atoms with Gasteiger partial charge in [0.15, 0.2) is 0 Å². The molecule has 1 N–H and O–H groups in total. The molecule has 17 heavy (non-hydrogen) atoms. The first-order chi connectivity index (χ1) is 8.29. The zero-order valence-electron chi connectivity index (χ0n) is 9.14. The Hall–Kier alpha value is -1.58. The van der Waals surface area contributed by atoms with Crippen LogP contribution in [0.3, 0.4) is 0 Å². The normalized spacial score (nSPS) is 10.2. The van der Waals surface area contributed by atoms with Crippen molar-refractivity contribution in [2.45, 2.75) is 13.2 Å². The zero-order valence-corrected chi connectivity index (χ0v) is 9.89. The fourth-order valence-electron chi connectivity index (χ4n) is 1.40. The van der Waals surface area contributed by atoms with Crippen molar-refractivity contribution in [3.05, 3.63) is 58.9 Å². The second-order valence-electron chi connectivity index (χ2n) is 3.56. The van der Waals surface area contributed by atoms with E-state index < -0.39 is 0 Å². The molecule has 88 valence electrons. The van der Waals surface area contributed by atoms with Crippen molar-refractivity contribution in [3.8, 4) is 5.75 Å². The molecule has 0 saturated carbocycles. The van der Waals surface area contributed by atoms with Gasteiger partial charge in [0.05, 0.1) is 6.61 Å². The smallest absolute Gasteiger partial charge is 0.121 e. The summed E-state index contributed by atoms with van der Waals surface area (Å²) in [4.78, 5) is 4.00. The van der Waals surface area contributed by atoms with Crippen molar-refractivity contribution < 1.29 is 9.84 Å². The molecule has 0 fully saturated rings. The van der Waals surface area contributed by atoms with Gasteiger partial charge in [0.25, 0.3) is 0 Å². The maximum absolute atomic E-state index is 8.98. The first-order valence-electron chi connectivity index (χ1n) is 5.20. The average molecular weight is 250 g/mol. The molecule has 0 aliphatic rings. The molecule has 0 bridgehead atoms. The number of pyridine rings is 1. The topological polar surface area (TPSA) is 42.4 Å². The van der Waals surface area contributed by atoms with E-state index in [1.54, 1.807) is 30.6 Å². The van der Waals surface area contributed by atoms with Gasteiger partial charge in [-0.15, -0.1) is 0 Å². The summed E-state index contributed by atoms with van der Waals surface area (Å²) >= 11 is 5.96. The molecule has 3 nitrogen and oxygen atoms in total. The van der Waals surface area contributed by atoms with E-state index in [4.69, 9.17) is 21.4 Å². The molecule has 0 atom stereocenters. The van der Waals surface area contributed by atoms with E-state index in [-0.39, 0.29) is 6.61 Å². The highest BCUT2D eigenvalue weighted by Gasteiger charge is 2.02. The minimum atomic E-state index is -0.0677. The maximum atomic E-state index is 8.98. The highest BCUT2D eigenvalue weighted by molar-refractivity contribution is 6.31. The van der Waals surface area contributed by atoms with Gasteiger partial charge in [-0.3, -0.25) is 4.98 Å². The summed E-state index contributed by atoms with van der Waals surface area (Å²) < 4.78 is 5.57. The van der Waals surface area contributed by atoms with Gasteiger partial charge in [0.1, 0.15) is 12.4 Å². The first kappa shape index (κ1) is 11.9. The van der Waals surface area contributed by atoms with Crippen LogP contribution in [-0.4, -0.2) is 10.1 Å². The van der Waals surface area contributed by atoms with Gasteiger partial charge in [0.2, 0.25) is 0 Å². The zero-order chi connectivity index (χ0) is 12.1. The lowest BCUT2D eigenvalue weighted by Crippen LogP contribution is -1.96. The number of hydrogen-bond acceptors (Lipinski definition) is 3. The maximum Gasteiger partial charge on any atom is 0.121 e. The van der Waals surface area contributed by atoms with Gasteiger partial charge in [-0.25, -0.2) is 0 Å². The summed E-state index contributed by atoms with van der Waals surface area (Å²) in [6.45, 7) is 0.379. The lowest BCUT2D eigenvalue weighted by Gasteiger charge is -2.07. The van der Waals surface area contributed by atoms with Crippen molar-refractivity contribution in [1.82, 2.24) is 4.98 Å². The molecule has 0 aliphatic heterocycles. The predicted molar refractivity (Wildman–Crippen MR) is 65.9 cm³/mol. The van der Waals surface area contributed by atoms with Crippen LogP contribution in [0.1, 0.15) is 11.1 Å². The number of aliphatic hydroxyl groups is 1. The summed E-state index contributed by atoms with van der Waals surface area (Å²) in [6, 6.07) is 9.04. The fourth-order valence-corrected chi connectivity index (χ4v) is 1.63. The number of rotatable bonds is 4.